The molecule has 0 saturated carbocycles. The Balaban J connectivity index is 2.27. The molecule has 21 heavy (non-hydrogen) atoms. The van der Waals surface area contributed by atoms with Crippen LogP contribution in [0.25, 0.3) is 0 Å². The summed E-state index contributed by atoms with van der Waals surface area (Å²) in [6.07, 6.45) is 0. The number of nitrogens with zero attached hydrogens (tertiary/aromatic N) is 3. The zero-order valence-electron chi connectivity index (χ0n) is 12.9. The number of hydrogen-bond donors (Lipinski definition) is 0. The molecule has 0 aliphatic heterocycles. The van der Waals surface area contributed by atoms with Crippen molar-refractivity contribution in [3.8, 4) is 0 Å². The van der Waals surface area contributed by atoms with Crippen LogP contribution in [0, 0.1) is 0 Å². The number of benzene rings is 1. The molecule has 1 heterocycles. The van der Waals surface area contributed by atoms with Gasteiger partial charge in [0.25, 0.3) is 5.56 Å². The quantitative estimate of drug-likeness (QED) is 0.851. The molecule has 1 aromatic heterocycles. The van der Waals surface area contributed by atoms with E-state index in [1.165, 1.54) is 23.2 Å². The lowest BCUT2D eigenvalue weighted by Crippen LogP contribution is -2.39. The summed E-state index contributed by atoms with van der Waals surface area (Å²) in [6.45, 7) is 2.65. The highest BCUT2D eigenvalue weighted by Crippen LogP contribution is 2.19. The molecule has 0 unspecified atom stereocenters. The first kappa shape index (κ1) is 15.3. The average molecular weight is 287 g/mol. The zero-order valence-corrected chi connectivity index (χ0v) is 12.9. The summed E-state index contributed by atoms with van der Waals surface area (Å²) in [5.74, 6) is 0. The van der Waals surface area contributed by atoms with Gasteiger partial charge >= 0.3 is 5.69 Å². The molecule has 5 nitrogen and oxygen atoms in total. The molecule has 5 heteroatoms. The van der Waals surface area contributed by atoms with Crippen LogP contribution in [0.3, 0.4) is 0 Å². The second-order valence-corrected chi connectivity index (χ2v) is 5.38. The fourth-order valence-electron chi connectivity index (χ4n) is 2.31. The molecule has 0 fully saturated rings. The largest absolute Gasteiger partial charge is 0.330 e. The van der Waals surface area contributed by atoms with Gasteiger partial charge in [0.2, 0.25) is 0 Å². The summed E-state index contributed by atoms with van der Waals surface area (Å²) in [5, 5.41) is 0. The normalized spacial score (nSPS) is 12.6. The topological polar surface area (TPSA) is 47.2 Å². The van der Waals surface area contributed by atoms with Crippen molar-refractivity contribution in [2.45, 2.75) is 19.5 Å². The van der Waals surface area contributed by atoms with Gasteiger partial charge in [0.1, 0.15) is 0 Å². The van der Waals surface area contributed by atoms with E-state index in [4.69, 9.17) is 0 Å². The Morgan fingerprint density at radius 1 is 1.10 bits per heavy atom. The van der Waals surface area contributed by atoms with E-state index >= 15 is 0 Å². The van der Waals surface area contributed by atoms with Gasteiger partial charge in [0.05, 0.1) is 0 Å². The molecular formula is C16H21N3O2. The number of rotatable bonds is 4. The number of hydrogen-bond acceptors (Lipinski definition) is 3. The van der Waals surface area contributed by atoms with Gasteiger partial charge in [-0.3, -0.25) is 18.8 Å². The summed E-state index contributed by atoms with van der Waals surface area (Å²) >= 11 is 0. The summed E-state index contributed by atoms with van der Waals surface area (Å²) in [6, 6.07) is 11.9. The lowest BCUT2D eigenvalue weighted by molar-refractivity contribution is 0.246. The summed E-state index contributed by atoms with van der Waals surface area (Å²) in [7, 11) is 5.17. The molecule has 0 N–H and O–H groups in total. The molecule has 0 aliphatic rings. The zero-order chi connectivity index (χ0) is 15.6. The van der Waals surface area contributed by atoms with Crippen LogP contribution in [0.15, 0.2) is 46.0 Å². The Morgan fingerprint density at radius 2 is 1.71 bits per heavy atom. The van der Waals surface area contributed by atoms with Gasteiger partial charge in [0, 0.05) is 38.4 Å². The van der Waals surface area contributed by atoms with Crippen molar-refractivity contribution in [1.82, 2.24) is 14.0 Å². The molecule has 0 saturated heterocycles. The van der Waals surface area contributed by atoms with Gasteiger partial charge in [-0.15, -0.1) is 0 Å². The molecule has 1 aromatic carbocycles. The summed E-state index contributed by atoms with van der Waals surface area (Å²) in [5.41, 5.74) is 1.36. The third kappa shape index (κ3) is 3.13. The highest BCUT2D eigenvalue weighted by atomic mass is 16.2. The second kappa shape index (κ2) is 6.10. The first-order valence-electron chi connectivity index (χ1n) is 6.93. The van der Waals surface area contributed by atoms with Crippen LogP contribution in [0.2, 0.25) is 0 Å². The summed E-state index contributed by atoms with van der Waals surface area (Å²) in [4.78, 5) is 25.8. The molecule has 0 spiro atoms. The monoisotopic (exact) mass is 287 g/mol. The van der Waals surface area contributed by atoms with Crippen LogP contribution in [0.1, 0.15) is 24.2 Å². The third-order valence-electron chi connectivity index (χ3n) is 3.98. The molecule has 2 rings (SSSR count). The maximum Gasteiger partial charge on any atom is 0.330 e. The van der Waals surface area contributed by atoms with E-state index in [0.717, 1.165) is 4.57 Å². The smallest absolute Gasteiger partial charge is 0.299 e. The fourth-order valence-corrected chi connectivity index (χ4v) is 2.31. The molecule has 0 aliphatic carbocycles. The molecular weight excluding hydrogens is 266 g/mol. The van der Waals surface area contributed by atoms with Crippen molar-refractivity contribution < 1.29 is 0 Å². The van der Waals surface area contributed by atoms with Gasteiger partial charge in [-0.2, -0.15) is 0 Å². The van der Waals surface area contributed by atoms with Crippen LogP contribution >= 0.6 is 0 Å². The van der Waals surface area contributed by atoms with Crippen molar-refractivity contribution in [2.75, 3.05) is 7.05 Å². The second-order valence-electron chi connectivity index (χ2n) is 5.38. The Hall–Kier alpha value is -2.14. The lowest BCUT2D eigenvalue weighted by Gasteiger charge is -2.25. The van der Waals surface area contributed by atoms with E-state index in [-0.39, 0.29) is 17.3 Å². The molecule has 0 radical (unpaired) electrons. The SMILES string of the molecule is C[C@@H](c1ccccc1)N(C)Cc1cc(=O)n(C)c(=O)n1C. The van der Waals surface area contributed by atoms with Gasteiger partial charge in [-0.1, -0.05) is 30.3 Å². The van der Waals surface area contributed by atoms with Crippen LogP contribution in [0.4, 0.5) is 0 Å². The van der Waals surface area contributed by atoms with Crippen LogP contribution in [-0.4, -0.2) is 21.1 Å². The van der Waals surface area contributed by atoms with E-state index in [2.05, 4.69) is 24.0 Å². The van der Waals surface area contributed by atoms with Crippen molar-refractivity contribution in [1.29, 1.82) is 0 Å². The van der Waals surface area contributed by atoms with Crippen molar-refractivity contribution in [3.05, 3.63) is 68.5 Å². The van der Waals surface area contributed by atoms with Crippen LogP contribution < -0.4 is 11.2 Å². The molecule has 112 valence electrons. The lowest BCUT2D eigenvalue weighted by atomic mass is 10.1. The predicted octanol–water partition coefficient (Wildman–Crippen LogP) is 1.28. The minimum atomic E-state index is -0.293. The molecule has 0 bridgehead atoms. The molecule has 2 aromatic rings. The Bertz CT molecular complexity index is 731. The number of aromatic nitrogens is 2. The van der Waals surface area contributed by atoms with Crippen molar-refractivity contribution in [2.24, 2.45) is 14.1 Å². The first-order chi connectivity index (χ1) is 9.91. The Kier molecular flexibility index (Phi) is 4.43. The van der Waals surface area contributed by atoms with E-state index in [1.807, 2.05) is 25.2 Å². The van der Waals surface area contributed by atoms with Crippen LogP contribution in [-0.2, 0) is 20.6 Å². The highest BCUT2D eigenvalue weighted by molar-refractivity contribution is 5.18. The molecule has 1 atom stereocenters. The average Bonchev–Trinajstić information content (AvgIpc) is 2.50. The summed E-state index contributed by atoms with van der Waals surface area (Å²) < 4.78 is 2.64. The van der Waals surface area contributed by atoms with Gasteiger partial charge < -0.3 is 0 Å². The highest BCUT2D eigenvalue weighted by Gasteiger charge is 2.14. The standard InChI is InChI=1S/C16H21N3O2/c1-12(13-8-6-5-7-9-13)17(2)11-14-10-15(20)19(4)16(21)18(14)3/h5-10,12H,11H2,1-4H3/t12-/m0/s1. The van der Waals surface area contributed by atoms with Crippen LogP contribution in [0.5, 0.6) is 0 Å². The predicted molar refractivity (Wildman–Crippen MR) is 83.2 cm³/mol. The van der Waals surface area contributed by atoms with E-state index in [0.29, 0.717) is 12.2 Å². The van der Waals surface area contributed by atoms with E-state index in [1.54, 1.807) is 7.05 Å². The van der Waals surface area contributed by atoms with Crippen molar-refractivity contribution >= 4 is 0 Å². The Morgan fingerprint density at radius 3 is 2.33 bits per heavy atom. The van der Waals surface area contributed by atoms with Gasteiger partial charge in [-0.05, 0) is 19.5 Å². The molecule has 0 amide bonds. The Labute approximate surface area is 124 Å². The van der Waals surface area contributed by atoms with Gasteiger partial charge in [-0.25, -0.2) is 4.79 Å². The minimum absolute atomic E-state index is 0.199. The first-order valence-corrected chi connectivity index (χ1v) is 6.93. The maximum absolute atomic E-state index is 11.9. The third-order valence-corrected chi connectivity index (χ3v) is 3.98. The fraction of sp³-hybridized carbons (Fsp3) is 0.375. The van der Waals surface area contributed by atoms with Gasteiger partial charge in [0.15, 0.2) is 0 Å². The van der Waals surface area contributed by atoms with E-state index in [9.17, 15) is 9.59 Å². The van der Waals surface area contributed by atoms with E-state index < -0.39 is 0 Å². The van der Waals surface area contributed by atoms with Crippen molar-refractivity contribution in [3.63, 3.8) is 0 Å². The minimum Gasteiger partial charge on any atom is -0.299 e. The maximum atomic E-state index is 11.9.